The van der Waals surface area contributed by atoms with Gasteiger partial charge in [-0.3, -0.25) is 0 Å². The summed E-state index contributed by atoms with van der Waals surface area (Å²) in [5.41, 5.74) is 8.22. The Labute approximate surface area is 209 Å². The van der Waals surface area contributed by atoms with E-state index in [-0.39, 0.29) is 0 Å². The van der Waals surface area contributed by atoms with E-state index in [0.717, 1.165) is 24.9 Å². The van der Waals surface area contributed by atoms with Crippen LogP contribution in [0.15, 0.2) is 89.6 Å². The Morgan fingerprint density at radius 1 is 1.12 bits per heavy atom. The summed E-state index contributed by atoms with van der Waals surface area (Å²) < 4.78 is 0. The van der Waals surface area contributed by atoms with Crippen molar-refractivity contribution in [1.82, 2.24) is 5.32 Å². The van der Waals surface area contributed by atoms with Crippen molar-refractivity contribution in [3.05, 3.63) is 101 Å². The van der Waals surface area contributed by atoms with Gasteiger partial charge in [0.25, 0.3) is 0 Å². The maximum Gasteiger partial charge on any atom is 0.0991 e. The van der Waals surface area contributed by atoms with Gasteiger partial charge in [0, 0.05) is 0 Å². The average Bonchev–Trinajstić information content (AvgIpc) is 2.84. The van der Waals surface area contributed by atoms with E-state index in [1.807, 2.05) is 25.3 Å². The van der Waals surface area contributed by atoms with Gasteiger partial charge >= 0.3 is 0 Å². The molecule has 0 saturated carbocycles. The highest BCUT2D eigenvalue weighted by Crippen LogP contribution is 2.29. The Hall–Kier alpha value is -2.89. The molecule has 182 valence electrons. The van der Waals surface area contributed by atoms with Gasteiger partial charge in [-0.15, -0.1) is 0 Å². The minimum atomic E-state index is 0.684. The van der Waals surface area contributed by atoms with E-state index in [9.17, 15) is 5.26 Å². The molecule has 0 aliphatic heterocycles. The zero-order chi connectivity index (χ0) is 25.3. The van der Waals surface area contributed by atoms with Crippen LogP contribution in [0.1, 0.15) is 77.8 Å². The Kier molecular flexibility index (Phi) is 14.3. The van der Waals surface area contributed by atoms with Gasteiger partial charge in [-0.2, -0.15) is 5.26 Å². The molecule has 0 radical (unpaired) electrons. The molecule has 1 aromatic rings. The van der Waals surface area contributed by atoms with Crippen LogP contribution in [-0.2, 0) is 0 Å². The third kappa shape index (κ3) is 10.8. The monoisotopic (exact) mass is 456 g/mol. The van der Waals surface area contributed by atoms with Crippen LogP contribution >= 0.6 is 0 Å². The van der Waals surface area contributed by atoms with E-state index >= 15 is 0 Å². The van der Waals surface area contributed by atoms with Crippen LogP contribution in [0.5, 0.6) is 0 Å². The van der Waals surface area contributed by atoms with Crippen LogP contribution in [0.25, 0.3) is 5.57 Å². The van der Waals surface area contributed by atoms with Crippen molar-refractivity contribution >= 4 is 5.57 Å². The molecular weight excluding hydrogens is 412 g/mol. The molecule has 1 aromatic carbocycles. The van der Waals surface area contributed by atoms with Crippen molar-refractivity contribution in [2.45, 2.75) is 66.7 Å². The first-order valence-corrected chi connectivity index (χ1v) is 12.5. The summed E-state index contributed by atoms with van der Waals surface area (Å²) in [7, 11) is 2.03. The number of hydrogen-bond acceptors (Lipinski definition) is 2. The largest absolute Gasteiger partial charge is 0.320 e. The Morgan fingerprint density at radius 3 is 2.35 bits per heavy atom. The van der Waals surface area contributed by atoms with Crippen molar-refractivity contribution in [2.24, 2.45) is 5.92 Å². The van der Waals surface area contributed by atoms with Crippen molar-refractivity contribution in [2.75, 3.05) is 13.6 Å². The lowest BCUT2D eigenvalue weighted by atomic mass is 9.89. The number of nitrogens with zero attached hydrogens (tertiary/aromatic N) is 1. The van der Waals surface area contributed by atoms with Crippen LogP contribution in [0.2, 0.25) is 0 Å². The van der Waals surface area contributed by atoms with Gasteiger partial charge in [0.05, 0.1) is 11.6 Å². The third-order valence-corrected chi connectivity index (χ3v) is 6.15. The van der Waals surface area contributed by atoms with E-state index in [2.05, 4.69) is 95.1 Å². The van der Waals surface area contributed by atoms with E-state index in [1.165, 1.54) is 47.1 Å². The summed E-state index contributed by atoms with van der Waals surface area (Å²) in [6.07, 6.45) is 18.4. The second kappa shape index (κ2) is 16.7. The predicted octanol–water partition coefficient (Wildman–Crippen LogP) is 8.72. The fraction of sp³-hybridized carbons (Fsp3) is 0.406. The Bertz CT molecular complexity index is 955. The highest BCUT2D eigenvalue weighted by atomic mass is 14.8. The lowest BCUT2D eigenvalue weighted by Crippen LogP contribution is -2.13. The van der Waals surface area contributed by atoms with Crippen molar-refractivity contribution in [3.63, 3.8) is 0 Å². The third-order valence-electron chi connectivity index (χ3n) is 6.15. The molecule has 0 amide bonds. The maximum absolute atomic E-state index is 9.24. The fourth-order valence-corrected chi connectivity index (χ4v) is 3.90. The summed E-state index contributed by atoms with van der Waals surface area (Å²) >= 11 is 0. The number of nitrogens with one attached hydrogen (secondary N) is 1. The fourth-order valence-electron chi connectivity index (χ4n) is 3.90. The second-order valence-electron chi connectivity index (χ2n) is 9.14. The van der Waals surface area contributed by atoms with E-state index in [4.69, 9.17) is 0 Å². The normalized spacial score (nSPS) is 13.9. The molecule has 0 aromatic heterocycles. The molecule has 0 aliphatic rings. The quantitative estimate of drug-likeness (QED) is 0.284. The molecule has 1 rings (SSSR count). The summed E-state index contributed by atoms with van der Waals surface area (Å²) in [6, 6.07) is 10.2. The van der Waals surface area contributed by atoms with Gasteiger partial charge in [0.2, 0.25) is 0 Å². The van der Waals surface area contributed by atoms with Crippen LogP contribution in [0, 0.1) is 17.2 Å². The molecule has 0 spiro atoms. The molecule has 0 saturated heterocycles. The lowest BCUT2D eigenvalue weighted by molar-refractivity contribution is 0.431. The number of benzene rings is 1. The number of allylic oxidation sites excluding steroid dienone is 11. The first-order chi connectivity index (χ1) is 16.4. The Morgan fingerprint density at radius 2 is 1.82 bits per heavy atom. The first-order valence-electron chi connectivity index (χ1n) is 12.5. The van der Waals surface area contributed by atoms with Gasteiger partial charge in [0.15, 0.2) is 0 Å². The highest BCUT2D eigenvalue weighted by Gasteiger charge is 2.11. The number of hydrogen-bond donors (Lipinski definition) is 1. The first kappa shape index (κ1) is 29.1. The van der Waals surface area contributed by atoms with E-state index in [1.54, 1.807) is 0 Å². The lowest BCUT2D eigenvalue weighted by Gasteiger charge is -2.17. The van der Waals surface area contributed by atoms with E-state index in [0.29, 0.717) is 11.5 Å². The number of nitriles is 1. The number of rotatable bonds is 14. The van der Waals surface area contributed by atoms with Crippen molar-refractivity contribution in [3.8, 4) is 6.07 Å². The molecule has 2 nitrogen and oxygen atoms in total. The topological polar surface area (TPSA) is 35.8 Å². The molecule has 1 atom stereocenters. The minimum Gasteiger partial charge on any atom is -0.320 e. The van der Waals surface area contributed by atoms with Crippen LogP contribution in [0.3, 0.4) is 0 Å². The van der Waals surface area contributed by atoms with Gasteiger partial charge in [-0.05, 0) is 113 Å². The molecular formula is C32H44N2. The van der Waals surface area contributed by atoms with E-state index < -0.39 is 0 Å². The smallest absolute Gasteiger partial charge is 0.0991 e. The second-order valence-corrected chi connectivity index (χ2v) is 9.14. The van der Waals surface area contributed by atoms with Crippen LogP contribution in [-0.4, -0.2) is 13.6 Å². The molecule has 1 N–H and O–H groups in total. The zero-order valence-electron chi connectivity index (χ0n) is 22.2. The zero-order valence-corrected chi connectivity index (χ0v) is 22.2. The summed E-state index contributed by atoms with van der Waals surface area (Å²) in [4.78, 5) is 0. The SMILES string of the molecule is C=C/C(=C\C=C(C)C)C\C(=C/C(CCC(CC)CCNC)=C(C)/C=C\C)c1ccc(C#N)cc1. The van der Waals surface area contributed by atoms with Gasteiger partial charge in [0.1, 0.15) is 0 Å². The Balaban J connectivity index is 3.47. The molecule has 1 unspecified atom stereocenters. The van der Waals surface area contributed by atoms with Crippen molar-refractivity contribution < 1.29 is 0 Å². The average molecular weight is 457 g/mol. The summed E-state index contributed by atoms with van der Waals surface area (Å²) in [5.74, 6) is 0.717. The minimum absolute atomic E-state index is 0.684. The summed E-state index contributed by atoms with van der Waals surface area (Å²) in [5, 5.41) is 12.5. The molecule has 0 heterocycles. The molecule has 2 heteroatoms. The molecule has 0 bridgehead atoms. The van der Waals surface area contributed by atoms with Crippen LogP contribution in [0.4, 0.5) is 0 Å². The standard InChI is InChI=1S/C32H44N2/c1-8-11-26(6)31(19-14-27(9-2)20-21-34-7)23-32(22-28(10-3)13-12-25(4)5)30-17-15-29(24-33)16-18-30/h8,10-13,15-18,23,27,34H,3,9,14,19-22H2,1-2,4-7H3/b11-8-,28-13+,31-26+,32-23+. The highest BCUT2D eigenvalue weighted by molar-refractivity contribution is 5.71. The molecule has 0 fully saturated rings. The molecule has 34 heavy (non-hydrogen) atoms. The van der Waals surface area contributed by atoms with Gasteiger partial charge in [-0.25, -0.2) is 0 Å². The molecule has 0 aliphatic carbocycles. The van der Waals surface area contributed by atoms with Gasteiger partial charge < -0.3 is 5.32 Å². The predicted molar refractivity (Wildman–Crippen MR) is 151 cm³/mol. The summed E-state index contributed by atoms with van der Waals surface area (Å²) in [6.45, 7) is 15.9. The van der Waals surface area contributed by atoms with Crippen molar-refractivity contribution in [1.29, 1.82) is 5.26 Å². The maximum atomic E-state index is 9.24. The van der Waals surface area contributed by atoms with Gasteiger partial charge in [-0.1, -0.05) is 74.1 Å². The van der Waals surface area contributed by atoms with Crippen LogP contribution < -0.4 is 5.32 Å².